The van der Waals surface area contributed by atoms with Crippen LogP contribution in [0.1, 0.15) is 89.6 Å². The number of benzene rings is 4. The molecule has 1 fully saturated rings. The number of fused-ring (bicyclic) bond motifs is 1. The number of hydrogen-bond acceptors (Lipinski definition) is 7. The Labute approximate surface area is 318 Å². The molecule has 0 aliphatic carbocycles. The third-order valence-corrected chi connectivity index (χ3v) is 9.74. The van der Waals surface area contributed by atoms with Crippen LogP contribution < -0.4 is 5.32 Å². The lowest BCUT2D eigenvalue weighted by molar-refractivity contribution is -0.301. The highest BCUT2D eigenvalue weighted by Gasteiger charge is 2.41. The first kappa shape index (κ1) is 37.4. The van der Waals surface area contributed by atoms with Gasteiger partial charge in [0, 0.05) is 29.9 Å². The van der Waals surface area contributed by atoms with Gasteiger partial charge < -0.3 is 24.2 Å². The minimum Gasteiger partial charge on any atom is -0.347 e. The Morgan fingerprint density at radius 3 is 2.02 bits per heavy atom. The van der Waals surface area contributed by atoms with Crippen LogP contribution in [0.4, 0.5) is 10.1 Å². The second kappa shape index (κ2) is 15.4. The Bertz CT molecular complexity index is 2200. The van der Waals surface area contributed by atoms with Crippen LogP contribution in [0.15, 0.2) is 109 Å². The molecule has 0 saturated carbocycles. The predicted octanol–water partition coefficient (Wildman–Crippen LogP) is 8.78. The Hall–Kier alpha value is -5.91. The van der Waals surface area contributed by atoms with E-state index in [1.54, 1.807) is 38.1 Å². The third-order valence-electron chi connectivity index (χ3n) is 9.74. The number of nitrogens with one attached hydrogen (secondary N) is 1. The molecule has 10 nitrogen and oxygen atoms in total. The molecule has 1 aromatic heterocycles. The molecule has 2 unspecified atom stereocenters. The van der Waals surface area contributed by atoms with E-state index in [0.29, 0.717) is 35.7 Å². The summed E-state index contributed by atoms with van der Waals surface area (Å²) in [5, 5.41) is 3.60. The quantitative estimate of drug-likeness (QED) is 0.135. The zero-order valence-electron chi connectivity index (χ0n) is 31.1. The van der Waals surface area contributed by atoms with Crippen molar-refractivity contribution in [3.05, 3.63) is 137 Å². The number of aromatic nitrogens is 1. The Kier molecular flexibility index (Phi) is 10.5. The smallest absolute Gasteiger partial charge is 0.335 e. The second-order valence-electron chi connectivity index (χ2n) is 14.5. The number of nitrogens with zero attached hydrogens (tertiary/aromatic N) is 2. The van der Waals surface area contributed by atoms with Crippen LogP contribution in [-0.4, -0.2) is 51.3 Å². The fourth-order valence-corrected chi connectivity index (χ4v) is 7.58. The van der Waals surface area contributed by atoms with Crippen LogP contribution in [0, 0.1) is 5.82 Å². The molecular weight excluding hydrogens is 701 g/mol. The highest BCUT2D eigenvalue weighted by atomic mass is 19.1. The molecule has 5 aromatic rings. The van der Waals surface area contributed by atoms with E-state index in [0.717, 1.165) is 28.1 Å². The van der Waals surface area contributed by atoms with E-state index < -0.39 is 35.8 Å². The average molecular weight is 744 g/mol. The van der Waals surface area contributed by atoms with Crippen molar-refractivity contribution in [3.8, 4) is 22.4 Å². The standard InChI is InChI=1S/C44H42FN3O7/c1-27(2)39-38(41(50)46-31-15-9-6-10-16-31)37(28-13-7-5-8-14-28)40(29-19-21-30(45)22-20-29)47(39)24-23-32-25-33(54-44(3,4)53-32)26-36(49)55-48-42(51)34-17-11-12-18-35(34)43(48)52/h5-22,27,32-33H,23-26H2,1-4H3,(H,46,50). The Balaban J connectivity index is 1.20. The summed E-state index contributed by atoms with van der Waals surface area (Å²) < 4.78 is 29.0. The minimum absolute atomic E-state index is 0.107. The summed E-state index contributed by atoms with van der Waals surface area (Å²) in [6.45, 7) is 8.02. The number of carbonyl (C=O) groups excluding carboxylic acids is 4. The van der Waals surface area contributed by atoms with Crippen molar-refractivity contribution in [2.45, 2.75) is 77.4 Å². The van der Waals surface area contributed by atoms with Gasteiger partial charge in [-0.2, -0.15) is 0 Å². The van der Waals surface area contributed by atoms with Crippen molar-refractivity contribution in [3.63, 3.8) is 0 Å². The molecule has 3 heterocycles. The summed E-state index contributed by atoms with van der Waals surface area (Å²) >= 11 is 0. The SMILES string of the molecule is CC(C)c1c(C(=O)Nc2ccccc2)c(-c2ccccc2)c(-c2ccc(F)cc2)n1CCC1CC(CC(=O)ON2C(=O)c3ccccc3C2=O)OC(C)(C)O1. The normalized spacial score (nSPS) is 17.7. The number of amides is 3. The van der Waals surface area contributed by atoms with Crippen molar-refractivity contribution in [1.82, 2.24) is 9.63 Å². The van der Waals surface area contributed by atoms with Crippen molar-refractivity contribution in [2.75, 3.05) is 5.32 Å². The number of imide groups is 1. The molecule has 7 rings (SSSR count). The van der Waals surface area contributed by atoms with E-state index >= 15 is 0 Å². The second-order valence-corrected chi connectivity index (χ2v) is 14.5. The number of anilines is 1. The van der Waals surface area contributed by atoms with Crippen LogP contribution in [-0.2, 0) is 25.7 Å². The van der Waals surface area contributed by atoms with E-state index in [-0.39, 0.29) is 35.2 Å². The number of para-hydroxylation sites is 1. The zero-order valence-corrected chi connectivity index (χ0v) is 31.1. The minimum atomic E-state index is -1.07. The first-order valence-corrected chi connectivity index (χ1v) is 18.4. The van der Waals surface area contributed by atoms with Gasteiger partial charge in [-0.3, -0.25) is 14.4 Å². The third kappa shape index (κ3) is 7.85. The molecule has 0 spiro atoms. The maximum atomic E-state index is 14.4. The summed E-state index contributed by atoms with van der Waals surface area (Å²) in [5.41, 5.74) is 5.39. The van der Waals surface area contributed by atoms with Crippen LogP contribution in [0.3, 0.4) is 0 Å². The monoisotopic (exact) mass is 743 g/mol. The maximum absolute atomic E-state index is 14.4. The molecule has 1 saturated heterocycles. The van der Waals surface area contributed by atoms with Gasteiger partial charge in [0.1, 0.15) is 5.82 Å². The fraction of sp³-hybridized carbons (Fsp3) is 0.273. The summed E-state index contributed by atoms with van der Waals surface area (Å²) in [7, 11) is 0. The molecule has 282 valence electrons. The Morgan fingerprint density at radius 2 is 1.40 bits per heavy atom. The van der Waals surface area contributed by atoms with E-state index in [4.69, 9.17) is 14.3 Å². The molecule has 55 heavy (non-hydrogen) atoms. The highest BCUT2D eigenvalue weighted by Crippen LogP contribution is 2.43. The number of hydrogen-bond donors (Lipinski definition) is 1. The largest absolute Gasteiger partial charge is 0.347 e. The average Bonchev–Trinajstić information content (AvgIpc) is 3.63. The maximum Gasteiger partial charge on any atom is 0.335 e. The van der Waals surface area contributed by atoms with Gasteiger partial charge in [-0.15, -0.1) is 0 Å². The van der Waals surface area contributed by atoms with Gasteiger partial charge in [0.15, 0.2) is 5.79 Å². The summed E-state index contributed by atoms with van der Waals surface area (Å²) in [4.78, 5) is 58.5. The molecule has 4 aromatic carbocycles. The topological polar surface area (TPSA) is 116 Å². The van der Waals surface area contributed by atoms with Gasteiger partial charge in [0.25, 0.3) is 17.7 Å². The molecule has 2 aliphatic heterocycles. The molecule has 2 atom stereocenters. The first-order chi connectivity index (χ1) is 26.4. The molecule has 11 heteroatoms. The molecule has 2 aliphatic rings. The highest BCUT2D eigenvalue weighted by molar-refractivity contribution is 6.21. The fourth-order valence-electron chi connectivity index (χ4n) is 7.58. The summed E-state index contributed by atoms with van der Waals surface area (Å²) in [6.07, 6.45) is -0.480. The number of halogens is 1. The first-order valence-electron chi connectivity index (χ1n) is 18.4. The number of rotatable bonds is 11. The zero-order chi connectivity index (χ0) is 38.9. The van der Waals surface area contributed by atoms with Crippen LogP contribution in [0.25, 0.3) is 22.4 Å². The van der Waals surface area contributed by atoms with Gasteiger partial charge in [-0.25, -0.2) is 9.18 Å². The number of hydroxylamine groups is 2. The van der Waals surface area contributed by atoms with E-state index in [1.807, 2.05) is 74.5 Å². The molecule has 0 bridgehead atoms. The number of carbonyl (C=O) groups is 4. The van der Waals surface area contributed by atoms with Crippen LogP contribution in [0.2, 0.25) is 0 Å². The van der Waals surface area contributed by atoms with Gasteiger partial charge in [0.2, 0.25) is 0 Å². The number of ether oxygens (including phenoxy) is 2. The lowest BCUT2D eigenvalue weighted by Crippen LogP contribution is -2.46. The summed E-state index contributed by atoms with van der Waals surface area (Å²) in [5.74, 6) is -4.01. The van der Waals surface area contributed by atoms with Crippen molar-refractivity contribution >= 4 is 29.4 Å². The lowest BCUT2D eigenvalue weighted by Gasteiger charge is -2.40. The molecule has 0 radical (unpaired) electrons. The van der Waals surface area contributed by atoms with Crippen molar-refractivity contribution in [1.29, 1.82) is 0 Å². The lowest BCUT2D eigenvalue weighted by atomic mass is 9.94. The van der Waals surface area contributed by atoms with E-state index in [1.165, 1.54) is 24.3 Å². The molecular formula is C44H42FN3O7. The van der Waals surface area contributed by atoms with Gasteiger partial charge in [-0.1, -0.05) is 79.6 Å². The predicted molar refractivity (Wildman–Crippen MR) is 204 cm³/mol. The van der Waals surface area contributed by atoms with Gasteiger partial charge in [0.05, 0.1) is 41.0 Å². The Morgan fingerprint density at radius 1 is 0.818 bits per heavy atom. The summed E-state index contributed by atoms with van der Waals surface area (Å²) in [6, 6.07) is 31.5. The molecule has 3 amide bonds. The van der Waals surface area contributed by atoms with Gasteiger partial charge >= 0.3 is 5.97 Å². The van der Waals surface area contributed by atoms with Crippen LogP contribution in [0.5, 0.6) is 0 Å². The van der Waals surface area contributed by atoms with Crippen LogP contribution >= 0.6 is 0 Å². The molecule has 1 N–H and O–H groups in total. The van der Waals surface area contributed by atoms with Crippen molar-refractivity contribution in [2.24, 2.45) is 0 Å². The van der Waals surface area contributed by atoms with E-state index in [9.17, 15) is 23.6 Å². The van der Waals surface area contributed by atoms with Gasteiger partial charge in [-0.05, 0) is 85.8 Å². The van der Waals surface area contributed by atoms with E-state index in [2.05, 4.69) is 9.88 Å². The van der Waals surface area contributed by atoms with Crippen molar-refractivity contribution < 1.29 is 37.9 Å².